The number of likely N-dealkylation sites (N-methyl/N-ethyl adjacent to an activating group) is 1. The molecule has 8 rings (SSSR count). The topological polar surface area (TPSA) is 21.7 Å². The molecule has 3 aliphatic rings. The summed E-state index contributed by atoms with van der Waals surface area (Å²) in [7, 11) is 1.97. The van der Waals surface area contributed by atoms with Crippen LogP contribution in [0.3, 0.4) is 0 Å². The molecule has 0 N–H and O–H groups in total. The molecule has 2 aliphatic carbocycles. The van der Waals surface area contributed by atoms with Gasteiger partial charge in [-0.2, -0.15) is 0 Å². The van der Waals surface area contributed by atoms with Crippen LogP contribution in [0.5, 0.6) is 11.5 Å². The van der Waals surface area contributed by atoms with Gasteiger partial charge in [0.1, 0.15) is 0 Å². The monoisotopic (exact) mass is 529 g/mol. The Morgan fingerprint density at radius 2 is 1.15 bits per heavy atom. The van der Waals surface area contributed by atoms with Crippen molar-refractivity contribution in [1.29, 1.82) is 0 Å². The number of anilines is 1. The first-order valence-corrected chi connectivity index (χ1v) is 13.8. The third kappa shape index (κ3) is 3.09. The Kier molecular flexibility index (Phi) is 4.95. The van der Waals surface area contributed by atoms with E-state index in [0.717, 1.165) is 11.3 Å². The zero-order valence-electron chi connectivity index (χ0n) is 22.7. The number of nitrogens with zero attached hydrogens (tertiary/aromatic N) is 1. The molecule has 0 radical (unpaired) electrons. The van der Waals surface area contributed by atoms with Crippen LogP contribution in [0.4, 0.5) is 5.69 Å². The average Bonchev–Trinajstić information content (AvgIpc) is 3.49. The highest BCUT2D eigenvalue weighted by molar-refractivity contribution is 5.95. The second-order valence-electron chi connectivity index (χ2n) is 10.7. The minimum Gasteiger partial charge on any atom is -0.449 e. The molecule has 3 nitrogen and oxygen atoms in total. The maximum Gasteiger partial charge on any atom is 0.193 e. The van der Waals surface area contributed by atoms with Crippen molar-refractivity contribution < 1.29 is 9.47 Å². The first kappa shape index (κ1) is 23.6. The summed E-state index contributed by atoms with van der Waals surface area (Å²) in [5, 5.41) is 0. The molecule has 0 unspecified atom stereocenters. The standard InChI is InChI=1S/C38H27NO2/c1-4-34-37(24(2)39(3)25-14-6-5-7-15-25)41-35-22-29-28-18-10-13-21-32(28)38(33(29)23-36(35)40-34)30-19-11-8-16-26(30)27-17-9-12-20-31(27)38/h4-23H,1-2H2,3H3. The Morgan fingerprint density at radius 1 is 0.634 bits per heavy atom. The van der Waals surface area contributed by atoms with Gasteiger partial charge in [-0.25, -0.2) is 0 Å². The summed E-state index contributed by atoms with van der Waals surface area (Å²) in [5.41, 5.74) is 11.2. The number of hydrogen-bond donors (Lipinski definition) is 0. The number of rotatable bonds is 4. The average molecular weight is 530 g/mol. The number of benzene rings is 5. The van der Waals surface area contributed by atoms with Gasteiger partial charge in [0.2, 0.25) is 0 Å². The van der Waals surface area contributed by atoms with Crippen molar-refractivity contribution in [3.8, 4) is 33.8 Å². The van der Waals surface area contributed by atoms with E-state index in [-0.39, 0.29) is 0 Å². The van der Waals surface area contributed by atoms with Crippen molar-refractivity contribution in [1.82, 2.24) is 0 Å². The van der Waals surface area contributed by atoms with Gasteiger partial charge in [0.05, 0.1) is 11.1 Å². The van der Waals surface area contributed by atoms with Crippen molar-refractivity contribution in [2.24, 2.45) is 0 Å². The summed E-state index contributed by atoms with van der Waals surface area (Å²) in [6.45, 7) is 8.39. The third-order valence-electron chi connectivity index (χ3n) is 8.71. The minimum absolute atomic E-state index is 0.438. The van der Waals surface area contributed by atoms with Gasteiger partial charge in [0.25, 0.3) is 0 Å². The largest absolute Gasteiger partial charge is 0.449 e. The van der Waals surface area contributed by atoms with Gasteiger partial charge in [-0.3, -0.25) is 0 Å². The zero-order chi connectivity index (χ0) is 27.7. The summed E-state index contributed by atoms with van der Waals surface area (Å²) < 4.78 is 13.2. The summed E-state index contributed by atoms with van der Waals surface area (Å²) in [4.78, 5) is 2.00. The molecule has 5 aromatic rings. The third-order valence-corrected chi connectivity index (χ3v) is 8.71. The lowest BCUT2D eigenvalue weighted by Gasteiger charge is -2.32. The minimum atomic E-state index is -0.438. The molecule has 1 heterocycles. The SMILES string of the molecule is C=CC1=C(C(=C)N(C)c2ccccc2)Oc2cc3c(cc2O1)C1(c2ccccc2-c2ccccc21)c1ccccc1-3. The number of allylic oxidation sites excluding steroid dienone is 1. The second-order valence-corrected chi connectivity index (χ2v) is 10.7. The maximum absolute atomic E-state index is 6.61. The summed E-state index contributed by atoms with van der Waals surface area (Å²) in [6, 6.07) is 40.7. The van der Waals surface area contributed by atoms with Crippen LogP contribution in [0.25, 0.3) is 22.3 Å². The van der Waals surface area contributed by atoms with Crippen LogP contribution < -0.4 is 14.4 Å². The Balaban J connectivity index is 1.32. The lowest BCUT2D eigenvalue weighted by atomic mass is 9.70. The van der Waals surface area contributed by atoms with E-state index in [4.69, 9.17) is 9.47 Å². The van der Waals surface area contributed by atoms with Crippen LogP contribution in [0, 0.1) is 0 Å². The predicted octanol–water partition coefficient (Wildman–Crippen LogP) is 8.85. The Morgan fingerprint density at radius 3 is 1.73 bits per heavy atom. The first-order chi connectivity index (χ1) is 20.1. The molecular weight excluding hydrogens is 502 g/mol. The van der Waals surface area contributed by atoms with Crippen LogP contribution in [0.2, 0.25) is 0 Å². The molecule has 1 aliphatic heterocycles. The molecule has 0 bridgehead atoms. The molecule has 0 amide bonds. The van der Waals surface area contributed by atoms with Gasteiger partial charge in [-0.05, 0) is 74.8 Å². The van der Waals surface area contributed by atoms with E-state index < -0.39 is 5.41 Å². The van der Waals surface area contributed by atoms with Crippen LogP contribution in [-0.4, -0.2) is 7.05 Å². The van der Waals surface area contributed by atoms with Crippen molar-refractivity contribution >= 4 is 5.69 Å². The van der Waals surface area contributed by atoms with Crippen LogP contribution in [0.15, 0.2) is 152 Å². The van der Waals surface area contributed by atoms with Gasteiger partial charge >= 0.3 is 0 Å². The van der Waals surface area contributed by atoms with Gasteiger partial charge in [-0.1, -0.05) is 104 Å². The maximum atomic E-state index is 6.61. The molecule has 0 fully saturated rings. The molecule has 3 heteroatoms. The van der Waals surface area contributed by atoms with E-state index in [9.17, 15) is 0 Å². The first-order valence-electron chi connectivity index (χ1n) is 13.8. The van der Waals surface area contributed by atoms with Gasteiger partial charge < -0.3 is 14.4 Å². The Labute approximate surface area is 239 Å². The van der Waals surface area contributed by atoms with Crippen molar-refractivity contribution in [2.45, 2.75) is 5.41 Å². The van der Waals surface area contributed by atoms with E-state index in [0.29, 0.717) is 28.7 Å². The van der Waals surface area contributed by atoms with Crippen LogP contribution >= 0.6 is 0 Å². The van der Waals surface area contributed by atoms with Crippen molar-refractivity contribution in [2.75, 3.05) is 11.9 Å². The normalized spacial score (nSPS) is 14.7. The van der Waals surface area contributed by atoms with Crippen LogP contribution in [0.1, 0.15) is 22.3 Å². The van der Waals surface area contributed by atoms with Gasteiger partial charge in [0, 0.05) is 12.7 Å². The Hall–Kier alpha value is -5.28. The van der Waals surface area contributed by atoms with Crippen LogP contribution in [-0.2, 0) is 5.41 Å². The molecule has 1 spiro atoms. The number of fused-ring (bicyclic) bond motifs is 11. The lowest BCUT2D eigenvalue weighted by molar-refractivity contribution is 0.310. The molecular formula is C38H27NO2. The summed E-state index contributed by atoms with van der Waals surface area (Å²) >= 11 is 0. The highest BCUT2D eigenvalue weighted by Gasteiger charge is 2.52. The summed E-state index contributed by atoms with van der Waals surface area (Å²) in [6.07, 6.45) is 1.69. The molecule has 0 saturated heterocycles. The highest BCUT2D eigenvalue weighted by atomic mass is 16.6. The number of ether oxygens (including phenoxy) is 2. The quantitative estimate of drug-likeness (QED) is 0.227. The fourth-order valence-corrected chi connectivity index (χ4v) is 6.88. The van der Waals surface area contributed by atoms with Gasteiger partial charge in [0.15, 0.2) is 23.0 Å². The van der Waals surface area contributed by atoms with E-state index in [1.807, 2.05) is 42.3 Å². The highest BCUT2D eigenvalue weighted by Crippen LogP contribution is 2.64. The molecule has 41 heavy (non-hydrogen) atoms. The second kappa shape index (κ2) is 8.61. The smallest absolute Gasteiger partial charge is 0.193 e. The fourth-order valence-electron chi connectivity index (χ4n) is 6.88. The van der Waals surface area contributed by atoms with E-state index in [1.165, 1.54) is 38.9 Å². The Bertz CT molecular complexity index is 1900. The fraction of sp³-hybridized carbons (Fsp3) is 0.0526. The molecule has 0 saturated carbocycles. The molecule has 5 aromatic carbocycles. The van der Waals surface area contributed by atoms with Gasteiger partial charge in [-0.15, -0.1) is 0 Å². The molecule has 196 valence electrons. The zero-order valence-corrected chi connectivity index (χ0v) is 22.7. The van der Waals surface area contributed by atoms with E-state index in [1.54, 1.807) is 6.08 Å². The summed E-state index contributed by atoms with van der Waals surface area (Å²) in [5.74, 6) is 2.43. The van der Waals surface area contributed by atoms with E-state index in [2.05, 4.69) is 98.1 Å². The van der Waals surface area contributed by atoms with Crippen molar-refractivity contribution in [3.05, 3.63) is 174 Å². The molecule has 0 aromatic heterocycles. The predicted molar refractivity (Wildman–Crippen MR) is 165 cm³/mol. The number of hydrogen-bond acceptors (Lipinski definition) is 3. The number of para-hydroxylation sites is 1. The van der Waals surface area contributed by atoms with E-state index >= 15 is 0 Å². The van der Waals surface area contributed by atoms with Crippen molar-refractivity contribution in [3.63, 3.8) is 0 Å². The molecule has 0 atom stereocenters. The lowest BCUT2D eigenvalue weighted by Crippen LogP contribution is -2.26.